The molecular weight excluding hydrogens is 324 g/mol. The number of nitrogens with one attached hydrogen (secondary N) is 1. The van der Waals surface area contributed by atoms with E-state index in [2.05, 4.69) is 22.4 Å². The number of hydrogen-bond donors (Lipinski definition) is 2. The van der Waals surface area contributed by atoms with Gasteiger partial charge in [0.1, 0.15) is 17.3 Å². The third-order valence-corrected chi connectivity index (χ3v) is 4.51. The first-order valence-corrected chi connectivity index (χ1v) is 8.43. The van der Waals surface area contributed by atoms with E-state index in [4.69, 9.17) is 15.1 Å². The van der Waals surface area contributed by atoms with Crippen LogP contribution in [0.4, 0.5) is 0 Å². The number of hydrogen-bond acceptors (Lipinski definition) is 5. The molecule has 3 aromatic carbocycles. The molecule has 3 N–H and O–H groups in total. The summed E-state index contributed by atoms with van der Waals surface area (Å²) in [5.41, 5.74) is 9.71. The van der Waals surface area contributed by atoms with Crippen molar-refractivity contribution in [2.24, 2.45) is 15.7 Å². The Morgan fingerprint density at radius 3 is 2.50 bits per heavy atom. The molecule has 0 spiro atoms. The smallest absolute Gasteiger partial charge is 0.197 e. The maximum Gasteiger partial charge on any atom is 0.197 e. The van der Waals surface area contributed by atoms with Crippen molar-refractivity contribution in [2.45, 2.75) is 6.17 Å². The number of benzene rings is 3. The van der Waals surface area contributed by atoms with Crippen molar-refractivity contribution in [3.63, 3.8) is 0 Å². The Balaban J connectivity index is 1.61. The van der Waals surface area contributed by atoms with Gasteiger partial charge in [0, 0.05) is 16.3 Å². The van der Waals surface area contributed by atoms with Crippen molar-refractivity contribution >= 4 is 33.7 Å². The van der Waals surface area contributed by atoms with Crippen LogP contribution in [-0.2, 0) is 0 Å². The summed E-state index contributed by atoms with van der Waals surface area (Å²) < 4.78 is 5.90. The molecule has 0 amide bonds. The molecule has 0 saturated heterocycles. The number of guanidine groups is 1. The lowest BCUT2D eigenvalue weighted by Gasteiger charge is -2.21. The second-order valence-corrected chi connectivity index (χ2v) is 6.22. The van der Waals surface area contributed by atoms with E-state index in [9.17, 15) is 0 Å². The zero-order valence-corrected chi connectivity index (χ0v) is 13.9. The van der Waals surface area contributed by atoms with Crippen molar-refractivity contribution in [3.8, 4) is 0 Å². The molecule has 5 heteroatoms. The third-order valence-electron chi connectivity index (χ3n) is 4.51. The third kappa shape index (κ3) is 2.41. The summed E-state index contributed by atoms with van der Waals surface area (Å²) in [7, 11) is 0. The molecule has 0 radical (unpaired) electrons. The van der Waals surface area contributed by atoms with Crippen LogP contribution in [0.15, 0.2) is 87.2 Å². The predicted molar refractivity (Wildman–Crippen MR) is 104 cm³/mol. The number of rotatable bonds is 2. The second-order valence-electron chi connectivity index (χ2n) is 6.22. The quantitative estimate of drug-likeness (QED) is 0.580. The van der Waals surface area contributed by atoms with Crippen LogP contribution in [0, 0.1) is 0 Å². The molecule has 26 heavy (non-hydrogen) atoms. The van der Waals surface area contributed by atoms with Crippen LogP contribution < -0.4 is 11.1 Å². The van der Waals surface area contributed by atoms with Gasteiger partial charge in [-0.05, 0) is 23.8 Å². The average molecular weight is 340 g/mol. The van der Waals surface area contributed by atoms with E-state index >= 15 is 0 Å². The van der Waals surface area contributed by atoms with Gasteiger partial charge in [-0.1, -0.05) is 54.6 Å². The molecule has 4 aromatic rings. The van der Waals surface area contributed by atoms with E-state index in [1.165, 1.54) is 0 Å². The number of furan rings is 1. The molecule has 5 rings (SSSR count). The van der Waals surface area contributed by atoms with Gasteiger partial charge in [-0.15, -0.1) is 0 Å². The van der Waals surface area contributed by atoms with Gasteiger partial charge in [-0.25, -0.2) is 4.99 Å². The van der Waals surface area contributed by atoms with Crippen molar-refractivity contribution in [2.75, 3.05) is 0 Å². The van der Waals surface area contributed by atoms with E-state index in [1.807, 2.05) is 60.7 Å². The number of amidine groups is 1. The molecule has 126 valence electrons. The topological polar surface area (TPSA) is 75.9 Å². The maximum atomic E-state index is 6.01. The molecule has 0 saturated carbocycles. The first-order chi connectivity index (χ1) is 12.8. The Morgan fingerprint density at radius 2 is 1.62 bits per heavy atom. The molecular formula is C21H16N4O. The summed E-state index contributed by atoms with van der Waals surface area (Å²) >= 11 is 0. The minimum atomic E-state index is -0.291. The lowest BCUT2D eigenvalue weighted by atomic mass is 10.1. The Bertz CT molecular complexity index is 1170. The van der Waals surface area contributed by atoms with Gasteiger partial charge in [-0.2, -0.15) is 4.99 Å². The Labute approximate surface area is 149 Å². The fraction of sp³-hybridized carbons (Fsp3) is 0.0476. The largest absolute Gasteiger partial charge is 0.456 e. The van der Waals surface area contributed by atoms with Gasteiger partial charge in [0.25, 0.3) is 0 Å². The molecule has 0 aliphatic carbocycles. The highest BCUT2D eigenvalue weighted by Gasteiger charge is 2.19. The van der Waals surface area contributed by atoms with Crippen LogP contribution in [-0.4, -0.2) is 11.8 Å². The average Bonchev–Trinajstić information content (AvgIpc) is 3.06. The Kier molecular flexibility index (Phi) is 3.25. The number of nitrogens with zero attached hydrogens (tertiary/aromatic N) is 2. The number of nitrogens with two attached hydrogens (primary N) is 1. The molecule has 1 atom stereocenters. The van der Waals surface area contributed by atoms with Crippen LogP contribution in [0.25, 0.3) is 21.9 Å². The van der Waals surface area contributed by atoms with Crippen molar-refractivity contribution < 1.29 is 4.42 Å². The van der Waals surface area contributed by atoms with Gasteiger partial charge in [-0.3, -0.25) is 0 Å². The fourth-order valence-corrected chi connectivity index (χ4v) is 3.27. The predicted octanol–water partition coefficient (Wildman–Crippen LogP) is 3.95. The van der Waals surface area contributed by atoms with Crippen LogP contribution in [0.2, 0.25) is 0 Å². The Morgan fingerprint density at radius 1 is 0.846 bits per heavy atom. The minimum absolute atomic E-state index is 0.291. The molecule has 5 nitrogen and oxygen atoms in total. The molecule has 1 aromatic heterocycles. The maximum absolute atomic E-state index is 6.01. The summed E-state index contributed by atoms with van der Waals surface area (Å²) in [5, 5.41) is 5.31. The number of fused-ring (bicyclic) bond motifs is 3. The highest BCUT2D eigenvalue weighted by Crippen LogP contribution is 2.31. The van der Waals surface area contributed by atoms with E-state index in [1.54, 1.807) is 0 Å². The molecule has 1 unspecified atom stereocenters. The molecule has 1 aliphatic heterocycles. The van der Waals surface area contributed by atoms with Gasteiger partial charge < -0.3 is 15.5 Å². The fourth-order valence-electron chi connectivity index (χ4n) is 3.27. The summed E-state index contributed by atoms with van der Waals surface area (Å²) in [6.07, 6.45) is -0.291. The lowest BCUT2D eigenvalue weighted by Crippen LogP contribution is -2.38. The minimum Gasteiger partial charge on any atom is -0.456 e. The van der Waals surface area contributed by atoms with Crippen molar-refractivity contribution in [1.29, 1.82) is 0 Å². The highest BCUT2D eigenvalue weighted by atomic mass is 16.3. The zero-order chi connectivity index (χ0) is 17.5. The first-order valence-electron chi connectivity index (χ1n) is 8.43. The summed E-state index contributed by atoms with van der Waals surface area (Å²) in [4.78, 5) is 9.10. The number of aliphatic imine (C=N–C) groups is 2. The molecule has 0 bridgehead atoms. The summed E-state index contributed by atoms with van der Waals surface area (Å²) in [6.45, 7) is 0. The monoisotopic (exact) mass is 340 g/mol. The van der Waals surface area contributed by atoms with Gasteiger partial charge in [0.15, 0.2) is 11.8 Å². The molecule has 1 aliphatic rings. The van der Waals surface area contributed by atoms with Crippen LogP contribution in [0.5, 0.6) is 0 Å². The van der Waals surface area contributed by atoms with E-state index < -0.39 is 0 Å². The van der Waals surface area contributed by atoms with E-state index in [0.717, 1.165) is 33.1 Å². The van der Waals surface area contributed by atoms with Crippen molar-refractivity contribution in [3.05, 3.63) is 83.9 Å². The number of para-hydroxylation sites is 1. The summed E-state index contributed by atoms with van der Waals surface area (Å²) in [6, 6.07) is 24.0. The van der Waals surface area contributed by atoms with Crippen molar-refractivity contribution in [1.82, 2.24) is 5.32 Å². The van der Waals surface area contributed by atoms with Gasteiger partial charge in [0.05, 0.1) is 0 Å². The van der Waals surface area contributed by atoms with Crippen LogP contribution >= 0.6 is 0 Å². The highest BCUT2D eigenvalue weighted by molar-refractivity contribution is 6.07. The summed E-state index contributed by atoms with van der Waals surface area (Å²) in [5.74, 6) is 0.991. The second kappa shape index (κ2) is 5.74. The Hall–Kier alpha value is -3.60. The standard InChI is InChI=1S/C21H16N4O/c22-21-24-19(13-6-2-1-3-7-13)23-20(25-21)14-10-11-18-16(12-14)15-8-4-5-9-17(15)26-18/h1-12,20H,(H3,22,23,24,25). The normalized spacial score (nSPS) is 17.0. The van der Waals surface area contributed by atoms with E-state index in [-0.39, 0.29) is 6.17 Å². The molecule has 2 heterocycles. The molecule has 0 fully saturated rings. The van der Waals surface area contributed by atoms with E-state index in [0.29, 0.717) is 11.8 Å². The van der Waals surface area contributed by atoms with Crippen LogP contribution in [0.1, 0.15) is 17.3 Å². The first kappa shape index (κ1) is 14.7. The van der Waals surface area contributed by atoms with Gasteiger partial charge >= 0.3 is 0 Å². The zero-order valence-electron chi connectivity index (χ0n) is 13.9. The lowest BCUT2D eigenvalue weighted by molar-refractivity contribution is 0.661. The van der Waals surface area contributed by atoms with Gasteiger partial charge in [0.2, 0.25) is 0 Å². The van der Waals surface area contributed by atoms with Crippen LogP contribution in [0.3, 0.4) is 0 Å². The SMILES string of the molecule is NC1=NC(c2ccccc2)=NC(c2ccc3oc4ccccc4c3c2)N1.